The van der Waals surface area contributed by atoms with Crippen molar-refractivity contribution < 1.29 is 9.15 Å². The van der Waals surface area contributed by atoms with Gasteiger partial charge >= 0.3 is 0 Å². The van der Waals surface area contributed by atoms with E-state index in [4.69, 9.17) is 9.15 Å². The third-order valence-electron chi connectivity index (χ3n) is 5.25. The lowest BCUT2D eigenvalue weighted by Gasteiger charge is -2.35. The fourth-order valence-corrected chi connectivity index (χ4v) is 3.63. The predicted octanol–water partition coefficient (Wildman–Crippen LogP) is 1.94. The van der Waals surface area contributed by atoms with Crippen molar-refractivity contribution in [1.82, 2.24) is 14.7 Å². The summed E-state index contributed by atoms with van der Waals surface area (Å²) in [5.74, 6) is 1.96. The molecular formula is C19H26N4O3. The first kappa shape index (κ1) is 17.3. The summed E-state index contributed by atoms with van der Waals surface area (Å²) in [6, 6.07) is 5.79. The Labute approximate surface area is 153 Å². The summed E-state index contributed by atoms with van der Waals surface area (Å²) in [6.07, 6.45) is 5.30. The van der Waals surface area contributed by atoms with Crippen molar-refractivity contribution in [2.75, 3.05) is 37.7 Å². The maximum absolute atomic E-state index is 11.8. The standard InChI is InChI=1S/C19H26N4O3/c1-21-19(24)12-15(13-20-21)23-9-7-22(8-10-23)14-16-5-6-18(26-16)17-4-2-3-11-25-17/h5-6,12-13,17H,2-4,7-11,14H2,1H3/t17-/m0/s1. The third kappa shape index (κ3) is 3.83. The molecule has 0 aliphatic carbocycles. The zero-order valence-electron chi connectivity index (χ0n) is 15.3. The number of ether oxygens (including phenoxy) is 1. The van der Waals surface area contributed by atoms with Crippen LogP contribution in [0.2, 0.25) is 0 Å². The second-order valence-electron chi connectivity index (χ2n) is 7.10. The molecule has 0 bridgehead atoms. The van der Waals surface area contributed by atoms with Crippen LogP contribution >= 0.6 is 0 Å². The number of anilines is 1. The monoisotopic (exact) mass is 358 g/mol. The first-order valence-electron chi connectivity index (χ1n) is 9.40. The number of hydrogen-bond acceptors (Lipinski definition) is 6. The number of furan rings is 1. The minimum absolute atomic E-state index is 0.0713. The Bertz CT molecular complexity index is 786. The van der Waals surface area contributed by atoms with E-state index in [0.717, 1.165) is 69.4 Å². The van der Waals surface area contributed by atoms with Gasteiger partial charge in [-0.1, -0.05) is 0 Å². The molecule has 2 aliphatic heterocycles. The number of aromatic nitrogens is 2. The van der Waals surface area contributed by atoms with E-state index >= 15 is 0 Å². The van der Waals surface area contributed by atoms with Gasteiger partial charge in [-0.15, -0.1) is 0 Å². The number of piperazine rings is 1. The molecule has 2 aliphatic rings. The summed E-state index contributed by atoms with van der Waals surface area (Å²) in [7, 11) is 1.67. The Morgan fingerprint density at radius 1 is 1.19 bits per heavy atom. The molecule has 1 atom stereocenters. The van der Waals surface area contributed by atoms with Crippen molar-refractivity contribution in [2.24, 2.45) is 7.05 Å². The van der Waals surface area contributed by atoms with Gasteiger partial charge < -0.3 is 14.1 Å². The van der Waals surface area contributed by atoms with Crippen LogP contribution in [0.1, 0.15) is 36.9 Å². The van der Waals surface area contributed by atoms with Crippen molar-refractivity contribution in [3.8, 4) is 0 Å². The van der Waals surface area contributed by atoms with Gasteiger partial charge in [-0.3, -0.25) is 9.69 Å². The molecule has 0 unspecified atom stereocenters. The molecule has 2 aromatic heterocycles. The molecule has 4 rings (SSSR count). The number of rotatable bonds is 4. The van der Waals surface area contributed by atoms with Crippen LogP contribution < -0.4 is 10.5 Å². The molecule has 2 aromatic rings. The van der Waals surface area contributed by atoms with E-state index in [9.17, 15) is 4.79 Å². The lowest BCUT2D eigenvalue weighted by molar-refractivity contribution is 0.000833. The molecule has 0 radical (unpaired) electrons. The second-order valence-corrected chi connectivity index (χ2v) is 7.10. The Hall–Kier alpha value is -2.12. The minimum Gasteiger partial charge on any atom is -0.462 e. The van der Waals surface area contributed by atoms with Gasteiger partial charge in [0.2, 0.25) is 0 Å². The number of nitrogens with zero attached hydrogens (tertiary/aromatic N) is 4. The fourth-order valence-electron chi connectivity index (χ4n) is 3.63. The summed E-state index contributed by atoms with van der Waals surface area (Å²) in [4.78, 5) is 16.4. The van der Waals surface area contributed by atoms with Crippen molar-refractivity contribution >= 4 is 5.69 Å². The van der Waals surface area contributed by atoms with Crippen molar-refractivity contribution in [1.29, 1.82) is 0 Å². The smallest absolute Gasteiger partial charge is 0.268 e. The highest BCUT2D eigenvalue weighted by atomic mass is 16.5. The van der Waals surface area contributed by atoms with E-state index in [1.807, 2.05) is 0 Å². The first-order valence-corrected chi connectivity index (χ1v) is 9.40. The molecule has 26 heavy (non-hydrogen) atoms. The average Bonchev–Trinajstić information content (AvgIpc) is 3.14. The first-order chi connectivity index (χ1) is 12.7. The van der Waals surface area contributed by atoms with Gasteiger partial charge in [-0.2, -0.15) is 5.10 Å². The summed E-state index contributed by atoms with van der Waals surface area (Å²) >= 11 is 0. The summed E-state index contributed by atoms with van der Waals surface area (Å²) in [6.45, 7) is 5.29. The van der Waals surface area contributed by atoms with Crippen LogP contribution in [-0.2, 0) is 18.3 Å². The highest BCUT2D eigenvalue weighted by molar-refractivity contribution is 5.43. The van der Waals surface area contributed by atoms with E-state index < -0.39 is 0 Å². The zero-order chi connectivity index (χ0) is 17.9. The predicted molar refractivity (Wildman–Crippen MR) is 98.2 cm³/mol. The topological polar surface area (TPSA) is 63.7 Å². The maximum Gasteiger partial charge on any atom is 0.268 e. The molecule has 2 fully saturated rings. The van der Waals surface area contributed by atoms with Gasteiger partial charge in [-0.05, 0) is 31.4 Å². The van der Waals surface area contributed by atoms with E-state index in [1.165, 1.54) is 11.1 Å². The van der Waals surface area contributed by atoms with Gasteiger partial charge in [-0.25, -0.2) is 4.68 Å². The number of hydrogen-bond donors (Lipinski definition) is 0. The van der Waals surface area contributed by atoms with E-state index in [2.05, 4.69) is 27.0 Å². The van der Waals surface area contributed by atoms with E-state index in [1.54, 1.807) is 19.3 Å². The number of aryl methyl sites for hydroxylation is 1. The van der Waals surface area contributed by atoms with Crippen LogP contribution in [0, 0.1) is 0 Å². The molecule has 7 heteroatoms. The largest absolute Gasteiger partial charge is 0.462 e. The molecule has 140 valence electrons. The van der Waals surface area contributed by atoms with Crippen LogP contribution in [0.3, 0.4) is 0 Å². The molecule has 0 N–H and O–H groups in total. The molecule has 0 amide bonds. The van der Waals surface area contributed by atoms with E-state index in [0.29, 0.717) is 0 Å². The Kier molecular flexibility index (Phi) is 5.08. The molecule has 4 heterocycles. The normalized spacial score (nSPS) is 21.9. The highest BCUT2D eigenvalue weighted by Crippen LogP contribution is 2.29. The molecule has 0 aromatic carbocycles. The highest BCUT2D eigenvalue weighted by Gasteiger charge is 2.22. The average molecular weight is 358 g/mol. The molecular weight excluding hydrogens is 332 g/mol. The van der Waals surface area contributed by atoms with E-state index in [-0.39, 0.29) is 11.7 Å². The van der Waals surface area contributed by atoms with Crippen LogP contribution in [0.25, 0.3) is 0 Å². The summed E-state index contributed by atoms with van der Waals surface area (Å²) in [5.41, 5.74) is 0.834. The minimum atomic E-state index is -0.0713. The molecule has 0 spiro atoms. The summed E-state index contributed by atoms with van der Waals surface area (Å²) in [5, 5.41) is 4.11. The molecule has 7 nitrogen and oxygen atoms in total. The SMILES string of the molecule is Cn1ncc(N2CCN(Cc3ccc([C@@H]4CCCCO4)o3)CC2)cc1=O. The van der Waals surface area contributed by atoms with Gasteiger partial charge in [0.1, 0.15) is 17.6 Å². The zero-order valence-corrected chi connectivity index (χ0v) is 15.3. The fraction of sp³-hybridized carbons (Fsp3) is 0.579. The van der Waals surface area contributed by atoms with Gasteiger partial charge in [0.25, 0.3) is 5.56 Å². The van der Waals surface area contributed by atoms with Gasteiger partial charge in [0, 0.05) is 45.9 Å². The van der Waals surface area contributed by atoms with Crippen LogP contribution in [0.4, 0.5) is 5.69 Å². The lowest BCUT2D eigenvalue weighted by atomic mass is 10.1. The summed E-state index contributed by atoms with van der Waals surface area (Å²) < 4.78 is 13.2. The Morgan fingerprint density at radius 2 is 2.04 bits per heavy atom. The third-order valence-corrected chi connectivity index (χ3v) is 5.25. The van der Waals surface area contributed by atoms with Crippen molar-refractivity contribution in [2.45, 2.75) is 31.9 Å². The van der Waals surface area contributed by atoms with Crippen LogP contribution in [-0.4, -0.2) is 47.5 Å². The maximum atomic E-state index is 11.8. The quantitative estimate of drug-likeness (QED) is 0.832. The molecule has 2 saturated heterocycles. The van der Waals surface area contributed by atoms with Crippen LogP contribution in [0.5, 0.6) is 0 Å². The van der Waals surface area contributed by atoms with Crippen molar-refractivity contribution in [3.63, 3.8) is 0 Å². The molecule has 0 saturated carbocycles. The van der Waals surface area contributed by atoms with Gasteiger partial charge in [0.15, 0.2) is 0 Å². The Balaban J connectivity index is 1.31. The Morgan fingerprint density at radius 3 is 2.77 bits per heavy atom. The van der Waals surface area contributed by atoms with Crippen LogP contribution in [0.15, 0.2) is 33.6 Å². The van der Waals surface area contributed by atoms with Crippen molar-refractivity contribution in [3.05, 3.63) is 46.3 Å². The van der Waals surface area contributed by atoms with Gasteiger partial charge in [0.05, 0.1) is 18.4 Å². The second kappa shape index (κ2) is 7.63. The lowest BCUT2D eigenvalue weighted by Crippen LogP contribution is -2.46.